The minimum atomic E-state index is -0.337. The first kappa shape index (κ1) is 19.6. The van der Waals surface area contributed by atoms with Gasteiger partial charge in [0.15, 0.2) is 10.9 Å². The van der Waals surface area contributed by atoms with Crippen molar-refractivity contribution in [2.45, 2.75) is 12.1 Å². The number of morpholine rings is 1. The van der Waals surface area contributed by atoms with Gasteiger partial charge in [-0.15, -0.1) is 10.2 Å². The number of hydrogen-bond acceptors (Lipinski definition) is 6. The molecule has 1 aliphatic rings. The second kappa shape index (κ2) is 8.75. The average Bonchev–Trinajstić information content (AvgIpc) is 3.17. The van der Waals surface area contributed by atoms with Crippen LogP contribution in [0.2, 0.25) is 0 Å². The van der Waals surface area contributed by atoms with Crippen molar-refractivity contribution in [3.8, 4) is 5.69 Å². The van der Waals surface area contributed by atoms with E-state index in [-0.39, 0.29) is 17.4 Å². The van der Waals surface area contributed by atoms with E-state index in [0.717, 1.165) is 5.56 Å². The lowest BCUT2D eigenvalue weighted by Gasteiger charge is -2.27. The molecule has 0 unspecified atom stereocenters. The van der Waals surface area contributed by atoms with Gasteiger partial charge in [-0.25, -0.2) is 4.39 Å². The number of rotatable bonds is 6. The van der Waals surface area contributed by atoms with Gasteiger partial charge in [0.2, 0.25) is 5.95 Å². The second-order valence-corrected chi connectivity index (χ2v) is 7.72. The van der Waals surface area contributed by atoms with Crippen molar-refractivity contribution in [1.29, 1.82) is 0 Å². The SMILES string of the molecule is Cc1ccc(C(=O)CSc2nnc(N3CCOCC3)n2-c2cccc(F)c2)cc1. The quantitative estimate of drug-likeness (QED) is 0.456. The molecule has 0 radical (unpaired) electrons. The van der Waals surface area contributed by atoms with Crippen molar-refractivity contribution < 1.29 is 13.9 Å². The fourth-order valence-electron chi connectivity index (χ4n) is 3.12. The third kappa shape index (κ3) is 4.49. The first-order valence-corrected chi connectivity index (χ1v) is 10.4. The Morgan fingerprint density at radius 2 is 1.90 bits per heavy atom. The van der Waals surface area contributed by atoms with Crippen LogP contribution in [0.15, 0.2) is 53.7 Å². The van der Waals surface area contributed by atoms with E-state index in [2.05, 4.69) is 15.1 Å². The van der Waals surface area contributed by atoms with Crippen LogP contribution in [0, 0.1) is 12.7 Å². The molecule has 0 saturated carbocycles. The van der Waals surface area contributed by atoms with Crippen LogP contribution in [-0.2, 0) is 4.74 Å². The zero-order chi connectivity index (χ0) is 20.2. The molecule has 0 spiro atoms. The van der Waals surface area contributed by atoms with Crippen LogP contribution in [0.4, 0.5) is 10.3 Å². The van der Waals surface area contributed by atoms with Gasteiger partial charge < -0.3 is 9.64 Å². The average molecular weight is 412 g/mol. The van der Waals surface area contributed by atoms with Crippen molar-refractivity contribution in [1.82, 2.24) is 14.8 Å². The predicted octanol–water partition coefficient (Wildman–Crippen LogP) is 3.53. The molecule has 1 aromatic heterocycles. The molecule has 1 aliphatic heterocycles. The Morgan fingerprint density at radius 1 is 1.14 bits per heavy atom. The Balaban J connectivity index is 1.61. The normalized spacial score (nSPS) is 14.2. The Morgan fingerprint density at radius 3 is 2.62 bits per heavy atom. The Kier molecular flexibility index (Phi) is 5.92. The van der Waals surface area contributed by atoms with E-state index in [0.29, 0.717) is 48.7 Å². The largest absolute Gasteiger partial charge is 0.378 e. The van der Waals surface area contributed by atoms with Crippen molar-refractivity contribution >= 4 is 23.5 Å². The third-order valence-corrected chi connectivity index (χ3v) is 5.61. The van der Waals surface area contributed by atoms with Crippen LogP contribution in [-0.4, -0.2) is 52.6 Å². The molecule has 0 atom stereocenters. The van der Waals surface area contributed by atoms with E-state index in [9.17, 15) is 9.18 Å². The number of thioether (sulfide) groups is 1. The molecule has 0 N–H and O–H groups in total. The lowest BCUT2D eigenvalue weighted by atomic mass is 10.1. The third-order valence-electron chi connectivity index (χ3n) is 4.68. The molecule has 8 heteroatoms. The molecule has 0 amide bonds. The number of benzene rings is 2. The maximum atomic E-state index is 13.9. The van der Waals surface area contributed by atoms with Gasteiger partial charge >= 0.3 is 0 Å². The molecule has 2 aromatic carbocycles. The standard InChI is InChI=1S/C21H21FN4O2S/c1-15-5-7-16(8-6-15)19(27)14-29-21-24-23-20(25-9-11-28-12-10-25)26(21)18-4-2-3-17(22)13-18/h2-8,13H,9-12,14H2,1H3. The number of aryl methyl sites for hydroxylation is 1. The fraction of sp³-hybridized carbons (Fsp3) is 0.286. The van der Waals surface area contributed by atoms with Gasteiger partial charge in [0.1, 0.15) is 5.82 Å². The summed E-state index contributed by atoms with van der Waals surface area (Å²) in [5.74, 6) is 0.524. The molecule has 3 aromatic rings. The number of ether oxygens (including phenoxy) is 1. The number of hydrogen-bond donors (Lipinski definition) is 0. The van der Waals surface area contributed by atoms with Crippen LogP contribution in [0.5, 0.6) is 0 Å². The monoisotopic (exact) mass is 412 g/mol. The molecule has 150 valence electrons. The molecular weight excluding hydrogens is 391 g/mol. The summed E-state index contributed by atoms with van der Waals surface area (Å²) in [6, 6.07) is 13.8. The number of carbonyl (C=O) groups excluding carboxylic acids is 1. The highest BCUT2D eigenvalue weighted by Gasteiger charge is 2.22. The highest BCUT2D eigenvalue weighted by atomic mass is 32.2. The molecule has 4 rings (SSSR count). The lowest BCUT2D eigenvalue weighted by molar-refractivity contribution is 0.102. The summed E-state index contributed by atoms with van der Waals surface area (Å²) in [6.45, 7) is 4.55. The summed E-state index contributed by atoms with van der Waals surface area (Å²) in [6.07, 6.45) is 0. The van der Waals surface area contributed by atoms with Crippen molar-refractivity contribution in [3.05, 3.63) is 65.5 Å². The van der Waals surface area contributed by atoms with E-state index in [1.165, 1.54) is 23.9 Å². The lowest BCUT2D eigenvalue weighted by Crippen LogP contribution is -2.37. The van der Waals surface area contributed by atoms with Gasteiger partial charge in [0, 0.05) is 18.7 Å². The predicted molar refractivity (Wildman–Crippen MR) is 111 cm³/mol. The number of ketones is 1. The minimum absolute atomic E-state index is 0.0108. The molecule has 2 heterocycles. The molecule has 1 saturated heterocycles. The maximum Gasteiger partial charge on any atom is 0.232 e. The maximum absolute atomic E-state index is 13.9. The number of halogens is 1. The number of nitrogens with zero attached hydrogens (tertiary/aromatic N) is 4. The van der Waals surface area contributed by atoms with E-state index < -0.39 is 0 Å². The molecule has 1 fully saturated rings. The Hall–Kier alpha value is -2.71. The summed E-state index contributed by atoms with van der Waals surface area (Å²) >= 11 is 1.30. The minimum Gasteiger partial charge on any atom is -0.378 e. The van der Waals surface area contributed by atoms with Gasteiger partial charge in [-0.1, -0.05) is 47.7 Å². The summed E-state index contributed by atoms with van der Waals surface area (Å²) in [7, 11) is 0. The van der Waals surface area contributed by atoms with E-state index in [1.807, 2.05) is 41.8 Å². The number of carbonyl (C=O) groups is 1. The summed E-state index contributed by atoms with van der Waals surface area (Å²) in [4.78, 5) is 14.6. The van der Waals surface area contributed by atoms with Crippen molar-refractivity contribution in [3.63, 3.8) is 0 Å². The van der Waals surface area contributed by atoms with Gasteiger partial charge in [-0.3, -0.25) is 9.36 Å². The summed E-state index contributed by atoms with van der Waals surface area (Å²) in [5.41, 5.74) is 2.39. The van der Waals surface area contributed by atoms with Gasteiger partial charge in [-0.2, -0.15) is 0 Å². The second-order valence-electron chi connectivity index (χ2n) is 6.78. The molecule has 0 aliphatic carbocycles. The van der Waals surface area contributed by atoms with Crippen molar-refractivity contribution in [2.75, 3.05) is 37.0 Å². The highest BCUT2D eigenvalue weighted by molar-refractivity contribution is 7.99. The molecular formula is C21H21FN4O2S. The van der Waals surface area contributed by atoms with E-state index >= 15 is 0 Å². The summed E-state index contributed by atoms with van der Waals surface area (Å²) < 4.78 is 21.1. The number of anilines is 1. The smallest absolute Gasteiger partial charge is 0.232 e. The first-order chi connectivity index (χ1) is 14.1. The Bertz CT molecular complexity index is 1000. The van der Waals surface area contributed by atoms with Crippen molar-refractivity contribution in [2.24, 2.45) is 0 Å². The summed E-state index contributed by atoms with van der Waals surface area (Å²) in [5, 5.41) is 9.19. The number of Topliss-reactive ketones (excluding diaryl/α,β-unsaturated/α-hetero) is 1. The van der Waals surface area contributed by atoms with E-state index in [4.69, 9.17) is 4.74 Å². The fourth-order valence-corrected chi connectivity index (χ4v) is 3.96. The van der Waals surface area contributed by atoms with Gasteiger partial charge in [0.25, 0.3) is 0 Å². The first-order valence-electron chi connectivity index (χ1n) is 9.38. The van der Waals surface area contributed by atoms with Crippen LogP contribution in [0.1, 0.15) is 15.9 Å². The molecule has 6 nitrogen and oxygen atoms in total. The highest BCUT2D eigenvalue weighted by Crippen LogP contribution is 2.28. The van der Waals surface area contributed by atoms with Crippen LogP contribution in [0.3, 0.4) is 0 Å². The van der Waals surface area contributed by atoms with Gasteiger partial charge in [0.05, 0.1) is 24.7 Å². The van der Waals surface area contributed by atoms with Crippen LogP contribution in [0.25, 0.3) is 5.69 Å². The number of aromatic nitrogens is 3. The van der Waals surface area contributed by atoms with Crippen LogP contribution >= 0.6 is 11.8 Å². The van der Waals surface area contributed by atoms with Crippen LogP contribution < -0.4 is 4.90 Å². The molecule has 29 heavy (non-hydrogen) atoms. The zero-order valence-electron chi connectivity index (χ0n) is 16.0. The zero-order valence-corrected chi connectivity index (χ0v) is 16.9. The molecule has 0 bridgehead atoms. The van der Waals surface area contributed by atoms with Gasteiger partial charge in [-0.05, 0) is 25.1 Å². The van der Waals surface area contributed by atoms with E-state index in [1.54, 1.807) is 6.07 Å². The topological polar surface area (TPSA) is 60.3 Å². The Labute approximate surface area is 172 Å².